The maximum absolute atomic E-state index is 13.2. The number of carbonyl (C=O) groups excluding carboxylic acids is 2. The van der Waals surface area contributed by atoms with E-state index in [1.807, 2.05) is 56.3 Å². The Hall–Kier alpha value is -2.34. The monoisotopic (exact) mass is 486 g/mol. The second-order valence-corrected chi connectivity index (χ2v) is 9.29. The quantitative estimate of drug-likeness (QED) is 0.575. The lowest BCUT2D eigenvalue weighted by Crippen LogP contribution is -2.50. The number of carbonyl (C=O) groups is 2. The molecule has 0 saturated heterocycles. The number of amides is 2. The first-order valence-electron chi connectivity index (χ1n) is 10.9. The number of ether oxygens (including phenoxy) is 1. The van der Waals surface area contributed by atoms with E-state index in [1.165, 1.54) is 0 Å². The van der Waals surface area contributed by atoms with E-state index in [0.29, 0.717) is 12.3 Å². The highest BCUT2D eigenvalue weighted by Gasteiger charge is 2.28. The fourth-order valence-corrected chi connectivity index (χ4v) is 4.44. The number of aryl methyl sites for hydroxylation is 2. The number of hydrogen-bond donors (Lipinski definition) is 1. The highest BCUT2D eigenvalue weighted by molar-refractivity contribution is 9.10. The van der Waals surface area contributed by atoms with Gasteiger partial charge in [0.2, 0.25) is 5.91 Å². The second kappa shape index (κ2) is 10.8. The number of halogens is 1. The van der Waals surface area contributed by atoms with Gasteiger partial charge in [-0.3, -0.25) is 9.59 Å². The van der Waals surface area contributed by atoms with Gasteiger partial charge in [0.05, 0.1) is 0 Å². The second-order valence-electron chi connectivity index (χ2n) is 8.38. The summed E-state index contributed by atoms with van der Waals surface area (Å²) in [6, 6.07) is 13.3. The molecule has 0 heterocycles. The zero-order valence-electron chi connectivity index (χ0n) is 18.5. The molecule has 0 aromatic heterocycles. The molecule has 1 atom stereocenters. The first kappa shape index (κ1) is 23.3. The summed E-state index contributed by atoms with van der Waals surface area (Å²) in [6.07, 6.45) is 4.30. The van der Waals surface area contributed by atoms with Crippen LogP contribution in [0.5, 0.6) is 5.75 Å². The Labute approximate surface area is 193 Å². The lowest BCUT2D eigenvalue weighted by Gasteiger charge is -2.30. The number of hydrogen-bond acceptors (Lipinski definition) is 3. The number of nitrogens with one attached hydrogen (secondary N) is 1. The first-order valence-corrected chi connectivity index (χ1v) is 11.7. The summed E-state index contributed by atoms with van der Waals surface area (Å²) >= 11 is 3.48. The summed E-state index contributed by atoms with van der Waals surface area (Å²) in [4.78, 5) is 27.7. The van der Waals surface area contributed by atoms with Crippen LogP contribution in [-0.2, 0) is 16.1 Å². The molecule has 6 heteroatoms. The summed E-state index contributed by atoms with van der Waals surface area (Å²) in [5.41, 5.74) is 3.08. The van der Waals surface area contributed by atoms with Crippen molar-refractivity contribution in [2.24, 2.45) is 0 Å². The summed E-state index contributed by atoms with van der Waals surface area (Å²) in [5.74, 6) is 0.361. The van der Waals surface area contributed by atoms with Crippen LogP contribution >= 0.6 is 15.9 Å². The Balaban J connectivity index is 1.73. The van der Waals surface area contributed by atoms with E-state index in [2.05, 4.69) is 21.2 Å². The van der Waals surface area contributed by atoms with Crippen molar-refractivity contribution in [2.75, 3.05) is 6.61 Å². The Bertz CT molecular complexity index is 925. The summed E-state index contributed by atoms with van der Waals surface area (Å²) in [5, 5.41) is 3.12. The topological polar surface area (TPSA) is 58.6 Å². The van der Waals surface area contributed by atoms with Crippen LogP contribution in [0.15, 0.2) is 46.9 Å². The maximum atomic E-state index is 13.2. The predicted octanol–water partition coefficient (Wildman–Crippen LogP) is 4.92. The van der Waals surface area contributed by atoms with E-state index in [-0.39, 0.29) is 24.5 Å². The summed E-state index contributed by atoms with van der Waals surface area (Å²) < 4.78 is 6.76. The highest BCUT2D eigenvalue weighted by Crippen LogP contribution is 2.21. The van der Waals surface area contributed by atoms with Crippen molar-refractivity contribution < 1.29 is 14.3 Å². The molecule has 0 spiro atoms. The van der Waals surface area contributed by atoms with Crippen molar-refractivity contribution in [3.05, 3.63) is 63.6 Å². The van der Waals surface area contributed by atoms with Crippen molar-refractivity contribution in [3.8, 4) is 5.75 Å². The van der Waals surface area contributed by atoms with Gasteiger partial charge in [-0.15, -0.1) is 0 Å². The van der Waals surface area contributed by atoms with Crippen molar-refractivity contribution in [2.45, 2.75) is 65.1 Å². The zero-order valence-corrected chi connectivity index (χ0v) is 20.1. The molecular weight excluding hydrogens is 456 g/mol. The Morgan fingerprint density at radius 3 is 2.58 bits per heavy atom. The highest BCUT2D eigenvalue weighted by atomic mass is 79.9. The van der Waals surface area contributed by atoms with E-state index < -0.39 is 6.04 Å². The number of nitrogens with zero attached hydrogens (tertiary/aromatic N) is 1. The standard InChI is InChI=1S/C25H31BrN2O3/c1-17-11-12-23(18(2)13-17)31-16-24(29)28(15-20-7-6-8-21(26)14-20)19(3)25(30)27-22-9-4-5-10-22/h6-8,11-14,19,22H,4-5,9-10,15-16H2,1-3H3,(H,27,30). The van der Waals surface area contributed by atoms with Crippen LogP contribution in [0.1, 0.15) is 49.3 Å². The number of benzene rings is 2. The molecule has 31 heavy (non-hydrogen) atoms. The molecule has 2 amide bonds. The van der Waals surface area contributed by atoms with Crippen LogP contribution in [0.2, 0.25) is 0 Å². The largest absolute Gasteiger partial charge is 0.483 e. The van der Waals surface area contributed by atoms with Gasteiger partial charge in [-0.05, 0) is 62.9 Å². The van der Waals surface area contributed by atoms with Gasteiger partial charge in [-0.25, -0.2) is 0 Å². The Kier molecular flexibility index (Phi) is 8.13. The van der Waals surface area contributed by atoms with E-state index in [4.69, 9.17) is 4.74 Å². The fourth-order valence-electron chi connectivity index (χ4n) is 3.99. The minimum absolute atomic E-state index is 0.109. The molecule has 1 aliphatic rings. The van der Waals surface area contributed by atoms with Gasteiger partial charge in [0.25, 0.3) is 5.91 Å². The fraction of sp³-hybridized carbons (Fsp3) is 0.440. The van der Waals surface area contributed by atoms with Gasteiger partial charge in [-0.2, -0.15) is 0 Å². The van der Waals surface area contributed by atoms with Gasteiger partial charge in [0.15, 0.2) is 6.61 Å². The van der Waals surface area contributed by atoms with E-state index in [9.17, 15) is 9.59 Å². The summed E-state index contributed by atoms with van der Waals surface area (Å²) in [6.45, 7) is 6.00. The average Bonchev–Trinajstić information content (AvgIpc) is 3.23. The van der Waals surface area contributed by atoms with Gasteiger partial charge < -0.3 is 15.0 Å². The molecule has 1 N–H and O–H groups in total. The third-order valence-electron chi connectivity index (χ3n) is 5.79. The molecule has 2 aromatic rings. The third-order valence-corrected chi connectivity index (χ3v) is 6.29. The Morgan fingerprint density at radius 2 is 1.90 bits per heavy atom. The van der Waals surface area contributed by atoms with E-state index in [1.54, 1.807) is 11.8 Å². The van der Waals surface area contributed by atoms with Crippen LogP contribution in [0.25, 0.3) is 0 Å². The first-order chi connectivity index (χ1) is 14.8. The average molecular weight is 487 g/mol. The minimum atomic E-state index is -0.588. The molecule has 0 bridgehead atoms. The molecular formula is C25H31BrN2O3. The molecule has 2 aromatic carbocycles. The van der Waals surface area contributed by atoms with Crippen molar-refractivity contribution in [3.63, 3.8) is 0 Å². The van der Waals surface area contributed by atoms with Crippen LogP contribution in [0, 0.1) is 13.8 Å². The molecule has 1 unspecified atom stereocenters. The van der Waals surface area contributed by atoms with Crippen LogP contribution < -0.4 is 10.1 Å². The molecule has 1 aliphatic carbocycles. The molecule has 3 rings (SSSR count). The maximum Gasteiger partial charge on any atom is 0.261 e. The number of rotatable bonds is 8. The molecule has 1 fully saturated rings. The molecule has 0 radical (unpaired) electrons. The van der Waals surface area contributed by atoms with Crippen molar-refractivity contribution >= 4 is 27.7 Å². The van der Waals surface area contributed by atoms with Crippen LogP contribution in [-0.4, -0.2) is 35.4 Å². The third kappa shape index (κ3) is 6.57. The van der Waals surface area contributed by atoms with Crippen LogP contribution in [0.4, 0.5) is 0 Å². The minimum Gasteiger partial charge on any atom is -0.483 e. The molecule has 1 saturated carbocycles. The van der Waals surface area contributed by atoms with Gasteiger partial charge in [0.1, 0.15) is 11.8 Å². The predicted molar refractivity (Wildman–Crippen MR) is 126 cm³/mol. The molecule has 5 nitrogen and oxygen atoms in total. The van der Waals surface area contributed by atoms with Crippen molar-refractivity contribution in [1.29, 1.82) is 0 Å². The van der Waals surface area contributed by atoms with Gasteiger partial charge >= 0.3 is 0 Å². The SMILES string of the molecule is Cc1ccc(OCC(=O)N(Cc2cccc(Br)c2)C(C)C(=O)NC2CCCC2)c(C)c1. The summed E-state index contributed by atoms with van der Waals surface area (Å²) in [7, 11) is 0. The van der Waals surface area contributed by atoms with Gasteiger partial charge in [-0.1, -0.05) is 58.6 Å². The normalized spacial score (nSPS) is 14.8. The molecule has 0 aliphatic heterocycles. The van der Waals surface area contributed by atoms with Crippen molar-refractivity contribution in [1.82, 2.24) is 10.2 Å². The van der Waals surface area contributed by atoms with E-state index >= 15 is 0 Å². The lowest BCUT2D eigenvalue weighted by atomic mass is 10.1. The van der Waals surface area contributed by atoms with Gasteiger partial charge in [0, 0.05) is 17.1 Å². The lowest BCUT2D eigenvalue weighted by molar-refractivity contribution is -0.142. The smallest absolute Gasteiger partial charge is 0.261 e. The Morgan fingerprint density at radius 1 is 1.16 bits per heavy atom. The van der Waals surface area contributed by atoms with Crippen LogP contribution in [0.3, 0.4) is 0 Å². The zero-order chi connectivity index (χ0) is 22.4. The van der Waals surface area contributed by atoms with E-state index in [0.717, 1.165) is 46.8 Å². The molecule has 166 valence electrons.